The molecule has 8 heteroatoms. The maximum absolute atomic E-state index is 8.25. The second-order valence-electron chi connectivity index (χ2n) is 1.17. The zero-order chi connectivity index (χ0) is 11.7. The molecular formula is C6H22N2O6. The lowest BCUT2D eigenvalue weighted by molar-refractivity contribution is -0.402. The highest BCUT2D eigenvalue weighted by Crippen LogP contribution is 1.44. The van der Waals surface area contributed by atoms with Crippen LogP contribution >= 0.6 is 0 Å². The van der Waals surface area contributed by atoms with E-state index in [-0.39, 0.29) is 26.0 Å². The van der Waals surface area contributed by atoms with Gasteiger partial charge in [0.15, 0.2) is 0 Å². The smallest absolute Gasteiger partial charge is 0.0689 e. The molecule has 0 radical (unpaired) electrons. The van der Waals surface area contributed by atoms with E-state index in [1.165, 1.54) is 0 Å². The van der Waals surface area contributed by atoms with E-state index in [9.17, 15) is 0 Å². The minimum atomic E-state index is -1.75. The Morgan fingerprint density at radius 1 is 0.929 bits per heavy atom. The summed E-state index contributed by atoms with van der Waals surface area (Å²) in [5.41, 5.74) is 0. The second kappa shape index (κ2) is 57.8. The number of rotatable bonds is 0. The summed E-state index contributed by atoms with van der Waals surface area (Å²) < 4.78 is 0. The molecule has 0 aromatic rings. The number of hydrogen-bond donors (Lipinski definition) is 4. The van der Waals surface area contributed by atoms with Gasteiger partial charge in [-0.25, -0.2) is 0 Å². The van der Waals surface area contributed by atoms with Crippen molar-refractivity contribution in [2.75, 3.05) is 19.8 Å². The topological polar surface area (TPSA) is 163 Å². The molecule has 92 valence electrons. The summed E-state index contributed by atoms with van der Waals surface area (Å²) in [4.78, 5) is 8.25. The number of aliphatic hydroxyl groups is 3. The Hall–Kier alpha value is -0.960. The summed E-state index contributed by atoms with van der Waals surface area (Å²) >= 11 is 0. The van der Waals surface area contributed by atoms with Crippen LogP contribution in [0.5, 0.6) is 0 Å². The van der Waals surface area contributed by atoms with E-state index in [1.807, 2.05) is 0 Å². The van der Waals surface area contributed by atoms with Crippen molar-refractivity contribution in [1.29, 1.82) is 0 Å². The molecule has 0 spiro atoms. The molecule has 0 aliphatic rings. The highest BCUT2D eigenvalue weighted by Gasteiger charge is 1.45. The quantitative estimate of drug-likeness (QED) is 0.333. The first-order valence-corrected chi connectivity index (χ1v) is 3.62. The van der Waals surface area contributed by atoms with Crippen molar-refractivity contribution in [3.8, 4) is 0 Å². The Kier molecular flexibility index (Phi) is 121. The van der Waals surface area contributed by atoms with E-state index >= 15 is 0 Å². The molecule has 7 N–H and O–H groups in total. The van der Waals surface area contributed by atoms with Crippen LogP contribution in [0.3, 0.4) is 0 Å². The SMILES string of the molecule is CCO.CCO.CCO.O=[N+]([O-])[O-].[NH4+]. The minimum absolute atomic E-state index is 0. The second-order valence-corrected chi connectivity index (χ2v) is 1.17. The van der Waals surface area contributed by atoms with Gasteiger partial charge in [0, 0.05) is 19.8 Å². The first-order valence-electron chi connectivity index (χ1n) is 3.62. The van der Waals surface area contributed by atoms with E-state index in [0.717, 1.165) is 0 Å². The third-order valence-electron chi connectivity index (χ3n) is 0. The lowest BCUT2D eigenvalue weighted by Gasteiger charge is -1.74. The predicted octanol–water partition coefficient (Wildman–Crippen LogP) is 0.133. The molecule has 0 aliphatic carbocycles. The van der Waals surface area contributed by atoms with Crippen molar-refractivity contribution in [3.05, 3.63) is 15.3 Å². The number of quaternary nitrogens is 1. The lowest BCUT2D eigenvalue weighted by Crippen LogP contribution is -1.74. The molecule has 0 aromatic heterocycles. The normalized spacial score (nSPS) is 5.57. The Morgan fingerprint density at radius 3 is 0.929 bits per heavy atom. The van der Waals surface area contributed by atoms with Gasteiger partial charge in [0.25, 0.3) is 0 Å². The van der Waals surface area contributed by atoms with Gasteiger partial charge in [-0.3, -0.25) is 0 Å². The summed E-state index contributed by atoms with van der Waals surface area (Å²) in [5, 5.41) is 37.5. The van der Waals surface area contributed by atoms with Crippen molar-refractivity contribution in [1.82, 2.24) is 6.15 Å². The molecule has 0 saturated heterocycles. The molecule has 0 rings (SSSR count). The molecule has 8 nitrogen and oxygen atoms in total. The Balaban J connectivity index is -0.0000000254. The third-order valence-corrected chi connectivity index (χ3v) is 0. The summed E-state index contributed by atoms with van der Waals surface area (Å²) in [5.74, 6) is 0. The Labute approximate surface area is 83.5 Å². The van der Waals surface area contributed by atoms with Crippen LogP contribution in [0, 0.1) is 15.3 Å². The van der Waals surface area contributed by atoms with E-state index in [1.54, 1.807) is 20.8 Å². The fourth-order valence-electron chi connectivity index (χ4n) is 0. The number of hydrogen-bond acceptors (Lipinski definition) is 6. The van der Waals surface area contributed by atoms with E-state index in [0.29, 0.717) is 0 Å². The van der Waals surface area contributed by atoms with Crippen LogP contribution in [0.2, 0.25) is 0 Å². The first-order chi connectivity index (χ1) is 5.97. The van der Waals surface area contributed by atoms with Crippen molar-refractivity contribution >= 4 is 0 Å². The summed E-state index contributed by atoms with van der Waals surface area (Å²) in [6.07, 6.45) is 0. The van der Waals surface area contributed by atoms with Gasteiger partial charge >= 0.3 is 0 Å². The average molecular weight is 218 g/mol. The summed E-state index contributed by atoms with van der Waals surface area (Å²) in [6.45, 7) is 5.79. The van der Waals surface area contributed by atoms with Gasteiger partial charge in [-0.05, 0) is 20.8 Å². The van der Waals surface area contributed by atoms with Crippen LogP contribution in [0.1, 0.15) is 20.8 Å². The van der Waals surface area contributed by atoms with Gasteiger partial charge in [0.2, 0.25) is 0 Å². The highest BCUT2D eigenvalue weighted by atomic mass is 16.9. The largest absolute Gasteiger partial charge is 0.397 e. The van der Waals surface area contributed by atoms with Crippen LogP contribution in [-0.4, -0.2) is 40.2 Å². The zero-order valence-electron chi connectivity index (χ0n) is 9.13. The highest BCUT2D eigenvalue weighted by molar-refractivity contribution is 4.03. The molecule has 0 saturated carbocycles. The maximum atomic E-state index is 8.25. The predicted molar refractivity (Wildman–Crippen MR) is 54.6 cm³/mol. The van der Waals surface area contributed by atoms with Crippen LogP contribution in [0.4, 0.5) is 0 Å². The molecule has 0 bridgehead atoms. The van der Waals surface area contributed by atoms with Gasteiger partial charge in [0.1, 0.15) is 0 Å². The third kappa shape index (κ3) is 1210. The molecule has 14 heavy (non-hydrogen) atoms. The van der Waals surface area contributed by atoms with Crippen LogP contribution in [0.25, 0.3) is 0 Å². The van der Waals surface area contributed by atoms with Crippen LogP contribution in [-0.2, 0) is 0 Å². The van der Waals surface area contributed by atoms with Crippen molar-refractivity contribution in [2.45, 2.75) is 20.8 Å². The molecule has 0 amide bonds. The van der Waals surface area contributed by atoms with Crippen molar-refractivity contribution < 1.29 is 20.4 Å². The lowest BCUT2D eigenvalue weighted by atomic mass is 10.9. The minimum Gasteiger partial charge on any atom is -0.397 e. The molecule has 0 fully saturated rings. The van der Waals surface area contributed by atoms with Gasteiger partial charge in [-0.2, -0.15) is 0 Å². The van der Waals surface area contributed by atoms with Crippen LogP contribution in [0.15, 0.2) is 0 Å². The Bertz CT molecular complexity index is 64.6. The van der Waals surface area contributed by atoms with Gasteiger partial charge < -0.3 is 36.8 Å². The van der Waals surface area contributed by atoms with Crippen LogP contribution < -0.4 is 6.15 Å². The molecule has 0 unspecified atom stereocenters. The van der Waals surface area contributed by atoms with E-state index in [2.05, 4.69) is 0 Å². The summed E-state index contributed by atoms with van der Waals surface area (Å²) in [6, 6.07) is 0. The fraction of sp³-hybridized carbons (Fsp3) is 1.00. The molecule has 0 aliphatic heterocycles. The first kappa shape index (κ1) is 29.2. The van der Waals surface area contributed by atoms with E-state index < -0.39 is 5.09 Å². The molecule has 0 atom stereocenters. The summed E-state index contributed by atoms with van der Waals surface area (Å²) in [7, 11) is 0. The number of nitrogens with zero attached hydrogens (tertiary/aromatic N) is 1. The Morgan fingerprint density at radius 2 is 0.929 bits per heavy atom. The monoisotopic (exact) mass is 218 g/mol. The zero-order valence-corrected chi connectivity index (χ0v) is 9.13. The standard InChI is InChI=1S/3C2H6O.NO3.H3N/c3*1-2-3;2-1(3)4;/h3*3H,2H2,1H3;;1H3/q;;;-1;/p+1. The van der Waals surface area contributed by atoms with Crippen molar-refractivity contribution in [3.63, 3.8) is 0 Å². The average Bonchev–Trinajstić information content (AvgIpc) is 1.88. The van der Waals surface area contributed by atoms with E-state index in [4.69, 9.17) is 30.6 Å². The van der Waals surface area contributed by atoms with Gasteiger partial charge in [0.05, 0.1) is 5.09 Å². The van der Waals surface area contributed by atoms with Crippen molar-refractivity contribution in [2.24, 2.45) is 0 Å². The van der Waals surface area contributed by atoms with Gasteiger partial charge in [-0.15, -0.1) is 0 Å². The maximum Gasteiger partial charge on any atom is 0.0689 e. The fourth-order valence-corrected chi connectivity index (χ4v) is 0. The molecular weight excluding hydrogens is 196 g/mol. The number of aliphatic hydroxyl groups excluding tert-OH is 3. The molecule has 0 heterocycles. The van der Waals surface area contributed by atoms with Gasteiger partial charge in [-0.1, -0.05) is 0 Å². The molecule has 0 aromatic carbocycles.